The van der Waals surface area contributed by atoms with Gasteiger partial charge in [-0.3, -0.25) is 14.4 Å². The number of anilines is 2. The van der Waals surface area contributed by atoms with Gasteiger partial charge < -0.3 is 20.3 Å². The van der Waals surface area contributed by atoms with Crippen LogP contribution in [-0.4, -0.2) is 30.9 Å². The van der Waals surface area contributed by atoms with Gasteiger partial charge in [0.25, 0.3) is 5.91 Å². The van der Waals surface area contributed by atoms with Crippen LogP contribution in [0.2, 0.25) is 0 Å². The average molecular weight is 486 g/mol. The van der Waals surface area contributed by atoms with Crippen LogP contribution >= 0.6 is 0 Å². The van der Waals surface area contributed by atoms with Gasteiger partial charge in [0.15, 0.2) is 0 Å². The summed E-state index contributed by atoms with van der Waals surface area (Å²) >= 11 is 0. The molecule has 0 spiro atoms. The molecule has 4 rings (SSSR count). The van der Waals surface area contributed by atoms with E-state index < -0.39 is 5.92 Å². The molecule has 36 heavy (non-hydrogen) atoms. The third-order valence-corrected chi connectivity index (χ3v) is 6.08. The molecule has 1 fully saturated rings. The van der Waals surface area contributed by atoms with E-state index >= 15 is 0 Å². The summed E-state index contributed by atoms with van der Waals surface area (Å²) in [6.07, 6.45) is 1.03. The summed E-state index contributed by atoms with van der Waals surface area (Å²) in [7, 11) is 0. The number of para-hydroxylation sites is 1. The molecule has 1 heterocycles. The molecular formula is C29H31N3O4. The molecule has 0 unspecified atom stereocenters. The number of amides is 3. The highest BCUT2D eigenvalue weighted by Gasteiger charge is 2.35. The number of nitrogens with one attached hydrogen (secondary N) is 2. The van der Waals surface area contributed by atoms with Crippen molar-refractivity contribution in [2.75, 3.05) is 23.4 Å². The minimum Gasteiger partial charge on any atom is -0.494 e. The minimum atomic E-state index is -0.517. The van der Waals surface area contributed by atoms with E-state index in [1.54, 1.807) is 29.2 Å². The van der Waals surface area contributed by atoms with Crippen molar-refractivity contribution in [3.8, 4) is 5.75 Å². The molecule has 0 bridgehead atoms. The molecule has 186 valence electrons. The fourth-order valence-corrected chi connectivity index (χ4v) is 4.20. The number of hydrogen-bond acceptors (Lipinski definition) is 4. The Labute approximate surface area is 211 Å². The zero-order valence-electron chi connectivity index (χ0n) is 20.6. The standard InChI is InChI=1S/C29H31N3O4/c1-3-15-36-24-13-11-23(12-14-24)32-19-22(17-27(32)33)28(34)31-26-10-5-4-9-25(26)29(35)30-18-21-8-6-7-20(2)16-21/h4-14,16,22H,3,15,17-19H2,1-2H3,(H,30,35)(H,31,34)/t22-/m0/s1. The number of nitrogens with zero attached hydrogens (tertiary/aromatic N) is 1. The second-order valence-electron chi connectivity index (χ2n) is 8.95. The maximum atomic E-state index is 13.1. The van der Waals surface area contributed by atoms with Crippen molar-refractivity contribution in [2.24, 2.45) is 5.92 Å². The quantitative estimate of drug-likeness (QED) is 0.460. The predicted molar refractivity (Wildman–Crippen MR) is 140 cm³/mol. The van der Waals surface area contributed by atoms with E-state index in [2.05, 4.69) is 10.6 Å². The second kappa shape index (κ2) is 11.5. The van der Waals surface area contributed by atoms with Gasteiger partial charge in [0.1, 0.15) is 5.75 Å². The minimum absolute atomic E-state index is 0.110. The van der Waals surface area contributed by atoms with E-state index in [9.17, 15) is 14.4 Å². The number of aryl methyl sites for hydroxylation is 1. The third-order valence-electron chi connectivity index (χ3n) is 6.08. The molecular weight excluding hydrogens is 454 g/mol. The molecule has 3 amide bonds. The van der Waals surface area contributed by atoms with Crippen molar-refractivity contribution in [1.82, 2.24) is 5.32 Å². The topological polar surface area (TPSA) is 87.7 Å². The molecule has 0 saturated carbocycles. The van der Waals surface area contributed by atoms with Crippen LogP contribution in [0.3, 0.4) is 0 Å². The van der Waals surface area contributed by atoms with Gasteiger partial charge in [0, 0.05) is 25.2 Å². The Hall–Kier alpha value is -4.13. The molecule has 1 atom stereocenters. The van der Waals surface area contributed by atoms with Gasteiger partial charge in [0.05, 0.1) is 23.8 Å². The lowest BCUT2D eigenvalue weighted by Crippen LogP contribution is -2.29. The highest BCUT2D eigenvalue weighted by atomic mass is 16.5. The van der Waals surface area contributed by atoms with Crippen molar-refractivity contribution in [2.45, 2.75) is 33.2 Å². The SMILES string of the molecule is CCCOc1ccc(N2C[C@@H](C(=O)Nc3ccccc3C(=O)NCc3cccc(C)c3)CC2=O)cc1. The number of rotatable bonds is 9. The first-order valence-electron chi connectivity index (χ1n) is 12.2. The van der Waals surface area contributed by atoms with Crippen LogP contribution < -0.4 is 20.3 Å². The zero-order valence-corrected chi connectivity index (χ0v) is 20.6. The summed E-state index contributed by atoms with van der Waals surface area (Å²) in [6, 6.07) is 22.1. The van der Waals surface area contributed by atoms with Crippen LogP contribution in [-0.2, 0) is 16.1 Å². The third kappa shape index (κ3) is 6.10. The Morgan fingerprint density at radius 1 is 1.03 bits per heavy atom. The molecule has 7 nitrogen and oxygen atoms in total. The van der Waals surface area contributed by atoms with Crippen LogP contribution in [0.1, 0.15) is 41.3 Å². The van der Waals surface area contributed by atoms with Crippen molar-refractivity contribution in [1.29, 1.82) is 0 Å². The molecule has 1 aliphatic rings. The highest BCUT2D eigenvalue weighted by Crippen LogP contribution is 2.28. The van der Waals surface area contributed by atoms with E-state index in [1.807, 2.05) is 62.4 Å². The van der Waals surface area contributed by atoms with E-state index in [1.165, 1.54) is 0 Å². The Morgan fingerprint density at radius 3 is 2.56 bits per heavy atom. The molecule has 0 aliphatic carbocycles. The van der Waals surface area contributed by atoms with Gasteiger partial charge in [-0.1, -0.05) is 48.9 Å². The lowest BCUT2D eigenvalue weighted by Gasteiger charge is -2.18. The molecule has 1 saturated heterocycles. The number of hydrogen-bond donors (Lipinski definition) is 2. The van der Waals surface area contributed by atoms with Crippen molar-refractivity contribution in [3.63, 3.8) is 0 Å². The summed E-state index contributed by atoms with van der Waals surface area (Å²) in [4.78, 5) is 40.2. The summed E-state index contributed by atoms with van der Waals surface area (Å²) in [6.45, 7) is 5.34. The van der Waals surface area contributed by atoms with E-state index in [-0.39, 0.29) is 30.7 Å². The normalized spacial score (nSPS) is 15.0. The largest absolute Gasteiger partial charge is 0.494 e. The Kier molecular flexibility index (Phi) is 8.00. The van der Waals surface area contributed by atoms with Gasteiger partial charge in [-0.2, -0.15) is 0 Å². The van der Waals surface area contributed by atoms with Crippen LogP contribution in [0.5, 0.6) is 5.75 Å². The molecule has 3 aromatic rings. The molecule has 0 radical (unpaired) electrons. The first-order chi connectivity index (χ1) is 17.4. The van der Waals surface area contributed by atoms with Crippen molar-refractivity contribution >= 4 is 29.1 Å². The molecule has 2 N–H and O–H groups in total. The average Bonchev–Trinajstić information content (AvgIpc) is 3.28. The lowest BCUT2D eigenvalue weighted by molar-refractivity contribution is -0.122. The van der Waals surface area contributed by atoms with Gasteiger partial charge in [0.2, 0.25) is 11.8 Å². The first kappa shape index (κ1) is 25.0. The van der Waals surface area contributed by atoms with Crippen molar-refractivity contribution < 1.29 is 19.1 Å². The molecule has 7 heteroatoms. The number of carbonyl (C=O) groups is 3. The Bertz CT molecular complexity index is 1240. The van der Waals surface area contributed by atoms with E-state index in [4.69, 9.17) is 4.74 Å². The number of carbonyl (C=O) groups excluding carboxylic acids is 3. The van der Waals surface area contributed by atoms with Gasteiger partial charge >= 0.3 is 0 Å². The van der Waals surface area contributed by atoms with E-state index in [0.717, 1.165) is 29.0 Å². The summed E-state index contributed by atoms with van der Waals surface area (Å²) in [5.41, 5.74) is 3.65. The maximum absolute atomic E-state index is 13.1. The predicted octanol–water partition coefficient (Wildman–Crippen LogP) is 4.71. The van der Waals surface area contributed by atoms with Crippen LogP contribution in [0, 0.1) is 12.8 Å². The van der Waals surface area contributed by atoms with Crippen LogP contribution in [0.4, 0.5) is 11.4 Å². The molecule has 1 aliphatic heterocycles. The van der Waals surface area contributed by atoms with Crippen molar-refractivity contribution in [3.05, 3.63) is 89.5 Å². The highest BCUT2D eigenvalue weighted by molar-refractivity contribution is 6.07. The fourth-order valence-electron chi connectivity index (χ4n) is 4.20. The summed E-state index contributed by atoms with van der Waals surface area (Å²) in [5.74, 6) is -0.438. The summed E-state index contributed by atoms with van der Waals surface area (Å²) in [5, 5.41) is 5.78. The second-order valence-corrected chi connectivity index (χ2v) is 8.95. The van der Waals surface area contributed by atoms with Crippen LogP contribution in [0.25, 0.3) is 0 Å². The zero-order chi connectivity index (χ0) is 25.5. The number of benzene rings is 3. The van der Waals surface area contributed by atoms with E-state index in [0.29, 0.717) is 24.4 Å². The van der Waals surface area contributed by atoms with Crippen LogP contribution in [0.15, 0.2) is 72.8 Å². The Morgan fingerprint density at radius 2 is 1.81 bits per heavy atom. The monoisotopic (exact) mass is 485 g/mol. The first-order valence-corrected chi connectivity index (χ1v) is 12.2. The smallest absolute Gasteiger partial charge is 0.253 e. The number of ether oxygens (including phenoxy) is 1. The van der Waals surface area contributed by atoms with Gasteiger partial charge in [-0.15, -0.1) is 0 Å². The fraction of sp³-hybridized carbons (Fsp3) is 0.276. The molecule has 3 aromatic carbocycles. The summed E-state index contributed by atoms with van der Waals surface area (Å²) < 4.78 is 5.60. The Balaban J connectivity index is 1.38. The lowest BCUT2D eigenvalue weighted by atomic mass is 10.1. The van der Waals surface area contributed by atoms with Gasteiger partial charge in [-0.05, 0) is 55.3 Å². The maximum Gasteiger partial charge on any atom is 0.253 e. The molecule has 0 aromatic heterocycles. The van der Waals surface area contributed by atoms with Gasteiger partial charge in [-0.25, -0.2) is 0 Å².